The van der Waals surface area contributed by atoms with Crippen LogP contribution in [0.1, 0.15) is 38.1 Å². The molecule has 0 radical (unpaired) electrons. The minimum atomic E-state index is 0.126. The maximum absolute atomic E-state index is 12.2. The number of nitrogens with zero attached hydrogens (tertiary/aromatic N) is 2. The number of carbonyl (C=O) groups is 1. The zero-order chi connectivity index (χ0) is 12.4. The normalized spacial score (nSPS) is 15.1. The predicted octanol–water partition coefficient (Wildman–Crippen LogP) is 1.58. The highest BCUT2D eigenvalue weighted by Gasteiger charge is 2.27. The topological polar surface area (TPSA) is 72.4 Å². The van der Waals surface area contributed by atoms with Gasteiger partial charge in [-0.25, -0.2) is 0 Å². The molecule has 2 N–H and O–H groups in total. The first kappa shape index (κ1) is 12.0. The monoisotopic (exact) mass is 237 g/mol. The molecule has 17 heavy (non-hydrogen) atoms. The van der Waals surface area contributed by atoms with E-state index >= 15 is 0 Å². The molecule has 2 heterocycles. The van der Waals surface area contributed by atoms with Gasteiger partial charge in [0.25, 0.3) is 6.01 Å². The summed E-state index contributed by atoms with van der Waals surface area (Å²) in [5, 5.41) is 0. The first-order chi connectivity index (χ1) is 8.15. The summed E-state index contributed by atoms with van der Waals surface area (Å²) >= 11 is 0. The van der Waals surface area contributed by atoms with E-state index in [0.29, 0.717) is 19.5 Å². The lowest BCUT2D eigenvalue weighted by Crippen LogP contribution is -2.39. The molecule has 0 fully saturated rings. The van der Waals surface area contributed by atoms with Gasteiger partial charge >= 0.3 is 0 Å². The molecule has 94 valence electrons. The standard InChI is InChI=1S/C12H19N3O2/c1-3-8(4-2)11(16)15-6-5-10-9(7-15)14-12(13)17-10/h8H,3-7H2,1-2H3,(H2,13,14). The minimum Gasteiger partial charge on any atom is -0.428 e. The molecule has 5 heteroatoms. The van der Waals surface area contributed by atoms with Crippen molar-refractivity contribution >= 4 is 11.9 Å². The Kier molecular flexibility index (Phi) is 3.36. The molecule has 1 aromatic heterocycles. The molecule has 0 aliphatic carbocycles. The number of fused-ring (bicyclic) bond motifs is 1. The number of rotatable bonds is 3. The van der Waals surface area contributed by atoms with E-state index in [1.165, 1.54) is 0 Å². The number of anilines is 1. The highest BCUT2D eigenvalue weighted by atomic mass is 16.4. The lowest BCUT2D eigenvalue weighted by Gasteiger charge is -2.28. The van der Waals surface area contributed by atoms with Crippen LogP contribution in [-0.2, 0) is 17.8 Å². The summed E-state index contributed by atoms with van der Waals surface area (Å²) in [7, 11) is 0. The average molecular weight is 237 g/mol. The van der Waals surface area contributed by atoms with Crippen LogP contribution in [0, 0.1) is 5.92 Å². The van der Waals surface area contributed by atoms with Crippen molar-refractivity contribution in [1.29, 1.82) is 0 Å². The first-order valence-electron chi connectivity index (χ1n) is 6.18. The molecule has 0 saturated carbocycles. The highest BCUT2D eigenvalue weighted by Crippen LogP contribution is 2.23. The molecular formula is C12H19N3O2. The van der Waals surface area contributed by atoms with E-state index in [4.69, 9.17) is 10.2 Å². The molecule has 0 bridgehead atoms. The fraction of sp³-hybridized carbons (Fsp3) is 0.667. The fourth-order valence-electron chi connectivity index (χ4n) is 2.30. The molecule has 0 aromatic carbocycles. The minimum absolute atomic E-state index is 0.126. The van der Waals surface area contributed by atoms with E-state index in [2.05, 4.69) is 18.8 Å². The van der Waals surface area contributed by atoms with Gasteiger partial charge in [-0.2, -0.15) is 4.98 Å². The van der Waals surface area contributed by atoms with Crippen LogP contribution in [0.25, 0.3) is 0 Å². The van der Waals surface area contributed by atoms with Gasteiger partial charge in [-0.3, -0.25) is 4.79 Å². The second kappa shape index (κ2) is 4.77. The van der Waals surface area contributed by atoms with E-state index < -0.39 is 0 Å². The van der Waals surface area contributed by atoms with E-state index in [9.17, 15) is 4.79 Å². The van der Waals surface area contributed by atoms with Crippen LogP contribution < -0.4 is 5.73 Å². The Morgan fingerprint density at radius 1 is 1.53 bits per heavy atom. The van der Waals surface area contributed by atoms with Gasteiger partial charge in [0, 0.05) is 18.9 Å². The Bertz CT molecular complexity index is 410. The quantitative estimate of drug-likeness (QED) is 0.866. The second-order valence-corrected chi connectivity index (χ2v) is 4.45. The zero-order valence-corrected chi connectivity index (χ0v) is 10.4. The molecule has 5 nitrogen and oxygen atoms in total. The highest BCUT2D eigenvalue weighted by molar-refractivity contribution is 5.79. The summed E-state index contributed by atoms with van der Waals surface area (Å²) in [5.74, 6) is 1.18. The van der Waals surface area contributed by atoms with Crippen LogP contribution in [0.15, 0.2) is 4.42 Å². The van der Waals surface area contributed by atoms with Crippen molar-refractivity contribution in [2.75, 3.05) is 12.3 Å². The number of hydrogen-bond donors (Lipinski definition) is 1. The van der Waals surface area contributed by atoms with Crippen LogP contribution in [0.5, 0.6) is 0 Å². The molecule has 1 aliphatic heterocycles. The summed E-state index contributed by atoms with van der Waals surface area (Å²) in [6.07, 6.45) is 2.49. The smallest absolute Gasteiger partial charge is 0.292 e. The maximum atomic E-state index is 12.2. The fourth-order valence-corrected chi connectivity index (χ4v) is 2.30. The Hall–Kier alpha value is -1.52. The average Bonchev–Trinajstić information content (AvgIpc) is 2.69. The Morgan fingerprint density at radius 3 is 2.88 bits per heavy atom. The van der Waals surface area contributed by atoms with Crippen molar-refractivity contribution in [1.82, 2.24) is 9.88 Å². The molecule has 1 aliphatic rings. The van der Waals surface area contributed by atoms with Crippen molar-refractivity contribution in [3.63, 3.8) is 0 Å². The molecule has 0 saturated heterocycles. The van der Waals surface area contributed by atoms with Crippen LogP contribution in [0.3, 0.4) is 0 Å². The van der Waals surface area contributed by atoms with Gasteiger partial charge in [-0.05, 0) is 12.8 Å². The van der Waals surface area contributed by atoms with Crippen molar-refractivity contribution in [3.05, 3.63) is 11.5 Å². The number of aromatic nitrogens is 1. The number of nitrogens with two attached hydrogens (primary N) is 1. The van der Waals surface area contributed by atoms with Crippen LogP contribution in [0.4, 0.5) is 6.01 Å². The van der Waals surface area contributed by atoms with E-state index in [1.807, 2.05) is 4.90 Å². The van der Waals surface area contributed by atoms with Gasteiger partial charge in [0.05, 0.1) is 6.54 Å². The largest absolute Gasteiger partial charge is 0.428 e. The van der Waals surface area contributed by atoms with Crippen molar-refractivity contribution in [2.45, 2.75) is 39.7 Å². The van der Waals surface area contributed by atoms with Gasteiger partial charge in [-0.15, -0.1) is 0 Å². The van der Waals surface area contributed by atoms with E-state index in [0.717, 1.165) is 24.3 Å². The summed E-state index contributed by atoms with van der Waals surface area (Å²) in [6.45, 7) is 5.34. The Balaban J connectivity index is 2.09. The molecular weight excluding hydrogens is 218 g/mol. The summed E-state index contributed by atoms with van der Waals surface area (Å²) in [4.78, 5) is 18.2. The zero-order valence-electron chi connectivity index (χ0n) is 10.4. The first-order valence-corrected chi connectivity index (χ1v) is 6.18. The van der Waals surface area contributed by atoms with Gasteiger partial charge in [0.15, 0.2) is 0 Å². The van der Waals surface area contributed by atoms with Gasteiger partial charge < -0.3 is 15.1 Å². The number of carbonyl (C=O) groups excluding carboxylic acids is 1. The molecule has 0 atom stereocenters. The number of oxazole rings is 1. The molecule has 1 aromatic rings. The third-order valence-corrected chi connectivity index (χ3v) is 3.39. The maximum Gasteiger partial charge on any atom is 0.292 e. The summed E-state index contributed by atoms with van der Waals surface area (Å²) in [5.41, 5.74) is 6.32. The van der Waals surface area contributed by atoms with Crippen molar-refractivity contribution in [3.8, 4) is 0 Å². The third-order valence-electron chi connectivity index (χ3n) is 3.39. The summed E-state index contributed by atoms with van der Waals surface area (Å²) < 4.78 is 5.28. The predicted molar refractivity (Wildman–Crippen MR) is 64.1 cm³/mol. The molecule has 2 rings (SSSR count). The number of amides is 1. The molecule has 0 unspecified atom stereocenters. The lowest BCUT2D eigenvalue weighted by atomic mass is 10.0. The van der Waals surface area contributed by atoms with Crippen molar-refractivity contribution in [2.24, 2.45) is 5.92 Å². The van der Waals surface area contributed by atoms with Gasteiger partial charge in [-0.1, -0.05) is 13.8 Å². The molecule has 0 spiro atoms. The lowest BCUT2D eigenvalue weighted by molar-refractivity contribution is -0.136. The van der Waals surface area contributed by atoms with Crippen LogP contribution in [0.2, 0.25) is 0 Å². The second-order valence-electron chi connectivity index (χ2n) is 4.45. The van der Waals surface area contributed by atoms with Crippen LogP contribution >= 0.6 is 0 Å². The van der Waals surface area contributed by atoms with E-state index in [-0.39, 0.29) is 17.8 Å². The van der Waals surface area contributed by atoms with Crippen molar-refractivity contribution < 1.29 is 9.21 Å². The van der Waals surface area contributed by atoms with Gasteiger partial charge in [0.1, 0.15) is 11.5 Å². The van der Waals surface area contributed by atoms with Crippen LogP contribution in [-0.4, -0.2) is 22.3 Å². The Labute approximate surface area is 101 Å². The van der Waals surface area contributed by atoms with Gasteiger partial charge in [0.2, 0.25) is 5.91 Å². The number of nitrogen functional groups attached to an aromatic ring is 1. The van der Waals surface area contributed by atoms with E-state index in [1.54, 1.807) is 0 Å². The Morgan fingerprint density at radius 2 is 2.24 bits per heavy atom. The number of hydrogen-bond acceptors (Lipinski definition) is 4. The SMILES string of the molecule is CCC(CC)C(=O)N1CCc2oc(N)nc2C1. The summed E-state index contributed by atoms with van der Waals surface area (Å²) in [6, 6.07) is 0.201. The third kappa shape index (κ3) is 2.28. The molecule has 1 amide bonds.